The standard InChI is InChI=1S/C32H31NO2.C28H23NO3.C27H21NO3/c1-23(2)32(34)35-31-21-13-27(14-22-31)10-9-26-11-19-30(20-12-26)33(28-15-5-24(3)6-16-28)29-17-7-25(4)8-18-29;1-21(2)28(30)32-27-19-17-26(18-20-27)31-25-15-13-24(14-16-25)29(22-9-5-3-6-10-22)23-11-7-4-8-12-23;1-2-27(29)31-26-19-17-25(18-20-26)30-24-15-13-23(14-16-24)28(21-9-5-3-6-10-21)22-11-7-4-8-12-22/h5-8,11-22H,1,9-10H2,2-4H3;3-20H,1H2,2H3;2-20H,1H2. The maximum atomic E-state index is 11.7. The molecule has 98 heavy (non-hydrogen) atoms. The van der Waals surface area contributed by atoms with Gasteiger partial charge in [0.05, 0.1) is 0 Å². The minimum absolute atomic E-state index is 0.352. The molecule has 12 rings (SSSR count). The zero-order chi connectivity index (χ0) is 68.6. The van der Waals surface area contributed by atoms with E-state index in [1.165, 1.54) is 22.3 Å². The van der Waals surface area contributed by atoms with Crippen LogP contribution < -0.4 is 38.4 Å². The lowest BCUT2D eigenvalue weighted by Crippen LogP contribution is -2.10. The van der Waals surface area contributed by atoms with Gasteiger partial charge in [-0.3, -0.25) is 0 Å². The lowest BCUT2D eigenvalue weighted by atomic mass is 10.0. The summed E-state index contributed by atoms with van der Waals surface area (Å²) >= 11 is 0. The minimum Gasteiger partial charge on any atom is -0.457 e. The molecule has 12 aromatic carbocycles. The van der Waals surface area contributed by atoms with Crippen LogP contribution in [0.4, 0.5) is 51.2 Å². The Morgan fingerprint density at radius 1 is 0.296 bits per heavy atom. The van der Waals surface area contributed by atoms with Gasteiger partial charge in [-0.2, -0.15) is 0 Å². The summed E-state index contributed by atoms with van der Waals surface area (Å²) in [7, 11) is 0. The van der Waals surface area contributed by atoms with Crippen molar-refractivity contribution in [3.8, 4) is 40.2 Å². The average molecular weight is 1290 g/mol. The molecule has 0 N–H and O–H groups in total. The second kappa shape index (κ2) is 33.9. The van der Waals surface area contributed by atoms with Gasteiger partial charge in [-0.15, -0.1) is 0 Å². The van der Waals surface area contributed by atoms with E-state index in [-0.39, 0.29) is 0 Å². The van der Waals surface area contributed by atoms with Crippen LogP contribution in [0.3, 0.4) is 0 Å². The maximum absolute atomic E-state index is 11.7. The molecule has 0 saturated carbocycles. The van der Waals surface area contributed by atoms with E-state index in [0.29, 0.717) is 51.4 Å². The van der Waals surface area contributed by atoms with Gasteiger partial charge in [0.1, 0.15) is 40.2 Å². The molecule has 11 nitrogen and oxygen atoms in total. The van der Waals surface area contributed by atoms with Crippen molar-refractivity contribution in [2.75, 3.05) is 14.7 Å². The molecule has 0 atom stereocenters. The first-order chi connectivity index (χ1) is 47.7. The van der Waals surface area contributed by atoms with E-state index in [4.69, 9.17) is 23.7 Å². The van der Waals surface area contributed by atoms with Crippen molar-refractivity contribution >= 4 is 69.1 Å². The smallest absolute Gasteiger partial charge is 0.338 e. The predicted octanol–water partition coefficient (Wildman–Crippen LogP) is 22.5. The molecule has 0 fully saturated rings. The number of rotatable bonds is 22. The highest BCUT2D eigenvalue weighted by molar-refractivity contribution is 5.89. The third-order valence-corrected chi connectivity index (χ3v) is 15.3. The Hall–Kier alpha value is -12.7. The zero-order valence-corrected chi connectivity index (χ0v) is 55.2. The zero-order valence-electron chi connectivity index (χ0n) is 55.2. The fourth-order valence-electron chi connectivity index (χ4n) is 10.2. The molecule has 0 aliphatic carbocycles. The van der Waals surface area contributed by atoms with Crippen molar-refractivity contribution in [2.24, 2.45) is 0 Å². The normalized spacial score (nSPS) is 10.4. The Morgan fingerprint density at radius 2 is 0.510 bits per heavy atom. The quantitative estimate of drug-likeness (QED) is 0.0368. The van der Waals surface area contributed by atoms with E-state index in [2.05, 4.69) is 170 Å². The van der Waals surface area contributed by atoms with E-state index < -0.39 is 17.9 Å². The number of carbonyl (C=O) groups excluding carboxylic acids is 3. The van der Waals surface area contributed by atoms with E-state index in [1.807, 2.05) is 146 Å². The van der Waals surface area contributed by atoms with Crippen LogP contribution in [0.15, 0.2) is 352 Å². The Balaban J connectivity index is 0.000000160. The molecule has 486 valence electrons. The van der Waals surface area contributed by atoms with Crippen molar-refractivity contribution < 1.29 is 38.1 Å². The second-order valence-corrected chi connectivity index (χ2v) is 22.9. The molecule has 0 saturated heterocycles. The first-order valence-corrected chi connectivity index (χ1v) is 32.0. The molecule has 0 aromatic heterocycles. The van der Waals surface area contributed by atoms with Crippen LogP contribution in [0.2, 0.25) is 0 Å². The number of para-hydroxylation sites is 4. The van der Waals surface area contributed by atoms with Crippen LogP contribution in [0.25, 0.3) is 0 Å². The highest BCUT2D eigenvalue weighted by Crippen LogP contribution is 2.39. The van der Waals surface area contributed by atoms with Crippen LogP contribution in [0.1, 0.15) is 36.1 Å². The molecular formula is C87H75N3O8. The van der Waals surface area contributed by atoms with Gasteiger partial charge in [-0.25, -0.2) is 14.4 Å². The molecule has 0 aliphatic rings. The summed E-state index contributed by atoms with van der Waals surface area (Å²) < 4.78 is 27.4. The number of benzene rings is 12. The van der Waals surface area contributed by atoms with E-state index in [1.54, 1.807) is 62.4 Å². The number of hydrogen-bond donors (Lipinski definition) is 0. The first-order valence-electron chi connectivity index (χ1n) is 32.0. The summed E-state index contributed by atoms with van der Waals surface area (Å²) in [4.78, 5) is 41.2. The number of aryl methyl sites for hydroxylation is 4. The molecule has 0 amide bonds. The highest BCUT2D eigenvalue weighted by atomic mass is 16.5. The van der Waals surface area contributed by atoms with Crippen LogP contribution in [-0.4, -0.2) is 17.9 Å². The summed E-state index contributed by atoms with van der Waals surface area (Å²) in [5.74, 6) is 2.80. The SMILES string of the molecule is C=C(C)C(=O)Oc1ccc(CCc2ccc(N(c3ccc(C)cc3)c3ccc(C)cc3)cc2)cc1.C=C(C)C(=O)Oc1ccc(Oc2ccc(N(c3ccccc3)c3ccccc3)cc2)cc1.C=CC(=O)Oc1ccc(Oc2ccc(N(c3ccccc3)c3ccccc3)cc2)cc1. The molecular weight excluding hydrogens is 1210 g/mol. The predicted molar refractivity (Wildman–Crippen MR) is 396 cm³/mol. The Kier molecular flexibility index (Phi) is 23.6. The maximum Gasteiger partial charge on any atom is 0.338 e. The van der Waals surface area contributed by atoms with E-state index >= 15 is 0 Å². The second-order valence-electron chi connectivity index (χ2n) is 22.9. The summed E-state index contributed by atoms with van der Waals surface area (Å²) in [5.41, 5.74) is 15.5. The van der Waals surface area contributed by atoms with Gasteiger partial charge in [-0.1, -0.05) is 152 Å². The third kappa shape index (κ3) is 19.4. The Morgan fingerprint density at radius 3 is 0.786 bits per heavy atom. The molecule has 11 heteroatoms. The summed E-state index contributed by atoms with van der Waals surface area (Å²) in [5, 5.41) is 0. The first kappa shape index (κ1) is 68.1. The lowest BCUT2D eigenvalue weighted by molar-refractivity contribution is -0.130. The summed E-state index contributed by atoms with van der Waals surface area (Å²) in [6.07, 6.45) is 2.97. The van der Waals surface area contributed by atoms with Crippen molar-refractivity contribution in [3.63, 3.8) is 0 Å². The van der Waals surface area contributed by atoms with Crippen molar-refractivity contribution in [2.45, 2.75) is 40.5 Å². The van der Waals surface area contributed by atoms with Gasteiger partial charge >= 0.3 is 17.9 Å². The molecule has 0 bridgehead atoms. The number of ether oxygens (including phenoxy) is 5. The van der Waals surface area contributed by atoms with E-state index in [9.17, 15) is 14.4 Å². The molecule has 0 unspecified atom stereocenters. The van der Waals surface area contributed by atoms with Gasteiger partial charge in [0.2, 0.25) is 0 Å². The van der Waals surface area contributed by atoms with Crippen molar-refractivity contribution in [3.05, 3.63) is 375 Å². The molecule has 0 spiro atoms. The molecule has 0 aliphatic heterocycles. The van der Waals surface area contributed by atoms with Gasteiger partial charge in [0, 0.05) is 68.4 Å². The van der Waals surface area contributed by atoms with E-state index in [0.717, 1.165) is 70.1 Å². The third-order valence-electron chi connectivity index (χ3n) is 15.3. The largest absolute Gasteiger partial charge is 0.457 e. The average Bonchev–Trinajstić information content (AvgIpc) is 0.831. The number of anilines is 9. The number of hydrogen-bond acceptors (Lipinski definition) is 11. The molecule has 0 radical (unpaired) electrons. The van der Waals surface area contributed by atoms with Gasteiger partial charge < -0.3 is 38.4 Å². The number of esters is 3. The van der Waals surface area contributed by atoms with Crippen LogP contribution in [0, 0.1) is 13.8 Å². The van der Waals surface area contributed by atoms with Crippen LogP contribution in [-0.2, 0) is 27.2 Å². The summed E-state index contributed by atoms with van der Waals surface area (Å²) in [6.45, 7) is 18.0. The Labute approximate surface area is 574 Å². The molecule has 12 aromatic rings. The number of nitrogens with zero attached hydrogens (tertiary/aromatic N) is 3. The van der Waals surface area contributed by atoms with Gasteiger partial charge in [0.15, 0.2) is 0 Å². The van der Waals surface area contributed by atoms with Crippen molar-refractivity contribution in [1.82, 2.24) is 0 Å². The van der Waals surface area contributed by atoms with Crippen molar-refractivity contribution in [1.29, 1.82) is 0 Å². The fraction of sp³-hybridized carbons (Fsp3) is 0.0690. The monoisotopic (exact) mass is 1290 g/mol. The Bertz CT molecular complexity index is 4430. The lowest BCUT2D eigenvalue weighted by Gasteiger charge is -2.26. The van der Waals surface area contributed by atoms with Crippen LogP contribution in [0.5, 0.6) is 40.2 Å². The van der Waals surface area contributed by atoms with Gasteiger partial charge in [0.25, 0.3) is 0 Å². The number of carbonyl (C=O) groups is 3. The van der Waals surface area contributed by atoms with Crippen LogP contribution >= 0.6 is 0 Å². The topological polar surface area (TPSA) is 107 Å². The fourth-order valence-corrected chi connectivity index (χ4v) is 10.2. The van der Waals surface area contributed by atoms with Gasteiger partial charge in [-0.05, 0) is 246 Å². The highest BCUT2D eigenvalue weighted by Gasteiger charge is 2.17. The molecule has 0 heterocycles. The minimum atomic E-state index is -0.495. The summed E-state index contributed by atoms with van der Waals surface area (Å²) in [6, 6.07) is 104.